The van der Waals surface area contributed by atoms with E-state index >= 15 is 0 Å². The summed E-state index contributed by atoms with van der Waals surface area (Å²) in [5, 5.41) is 7.94. The predicted octanol–water partition coefficient (Wildman–Crippen LogP) is 2.35. The van der Waals surface area contributed by atoms with Gasteiger partial charge in [-0.25, -0.2) is 14.6 Å². The van der Waals surface area contributed by atoms with Crippen LogP contribution in [0.25, 0.3) is 11.3 Å². The topological polar surface area (TPSA) is 78.0 Å². The third-order valence-electron chi connectivity index (χ3n) is 4.43. The molecule has 1 unspecified atom stereocenters. The van der Waals surface area contributed by atoms with E-state index in [-0.39, 0.29) is 0 Å². The second-order valence-corrected chi connectivity index (χ2v) is 6.22. The van der Waals surface area contributed by atoms with Gasteiger partial charge >= 0.3 is 0 Å². The summed E-state index contributed by atoms with van der Waals surface area (Å²) in [6.45, 7) is 3.37. The summed E-state index contributed by atoms with van der Waals surface area (Å²) in [5.74, 6) is 4.19. The number of nitrogens with one attached hydrogen (secondary N) is 1. The number of nitrogens with zero attached hydrogens (tertiary/aromatic N) is 4. The van der Waals surface area contributed by atoms with Gasteiger partial charge in [-0.15, -0.1) is 0 Å². The Morgan fingerprint density at radius 3 is 2.96 bits per heavy atom. The first kappa shape index (κ1) is 15.8. The zero-order valence-corrected chi connectivity index (χ0v) is 14.4. The van der Waals surface area contributed by atoms with Crippen LogP contribution in [0.15, 0.2) is 34.9 Å². The minimum absolute atomic E-state index is 0.352. The van der Waals surface area contributed by atoms with Crippen LogP contribution in [0.5, 0.6) is 5.75 Å². The average Bonchev–Trinajstić information content (AvgIpc) is 3.25. The Labute approximate surface area is 146 Å². The molecular formula is C18H21N5O2. The molecule has 0 fully saturated rings. The van der Waals surface area contributed by atoms with Gasteiger partial charge in [0, 0.05) is 18.0 Å². The van der Waals surface area contributed by atoms with E-state index in [0.717, 1.165) is 48.1 Å². The van der Waals surface area contributed by atoms with Crippen molar-refractivity contribution in [2.75, 3.05) is 7.11 Å². The monoisotopic (exact) mass is 339 g/mol. The van der Waals surface area contributed by atoms with E-state index in [2.05, 4.69) is 20.4 Å². The molecule has 0 bridgehead atoms. The number of aryl methyl sites for hydroxylation is 2. The fraction of sp³-hybridized carbons (Fsp3) is 0.389. The van der Waals surface area contributed by atoms with Crippen molar-refractivity contribution in [3.05, 3.63) is 48.0 Å². The Balaban J connectivity index is 1.37. The Kier molecular flexibility index (Phi) is 4.23. The van der Waals surface area contributed by atoms with Crippen LogP contribution < -0.4 is 10.1 Å². The lowest BCUT2D eigenvalue weighted by atomic mass is 10.1. The molecule has 0 amide bonds. The lowest BCUT2D eigenvalue weighted by Crippen LogP contribution is -2.37. The smallest absolute Gasteiger partial charge is 0.208 e. The summed E-state index contributed by atoms with van der Waals surface area (Å²) >= 11 is 0. The average molecular weight is 339 g/mol. The minimum atomic E-state index is 0.352. The molecule has 3 heterocycles. The standard InChI is InChI=1S/C18H21N5O2/c1-12-21-17-8-5-14(11-23(17)22-12)19-10-18-20-9-16(25-18)13-3-6-15(24-2)7-4-13/h3-4,6-7,9,14,19H,5,8,10-11H2,1-2H3. The molecule has 1 aliphatic rings. The second kappa shape index (κ2) is 6.68. The van der Waals surface area contributed by atoms with Crippen molar-refractivity contribution in [2.24, 2.45) is 0 Å². The van der Waals surface area contributed by atoms with Crippen molar-refractivity contribution >= 4 is 0 Å². The second-order valence-electron chi connectivity index (χ2n) is 6.22. The molecule has 2 aromatic heterocycles. The molecule has 130 valence electrons. The van der Waals surface area contributed by atoms with Gasteiger partial charge in [0.1, 0.15) is 17.4 Å². The molecule has 0 aliphatic carbocycles. The third kappa shape index (κ3) is 3.41. The van der Waals surface area contributed by atoms with Crippen LogP contribution in [0.2, 0.25) is 0 Å². The summed E-state index contributed by atoms with van der Waals surface area (Å²) in [5.41, 5.74) is 0.986. The molecule has 7 nitrogen and oxygen atoms in total. The van der Waals surface area contributed by atoms with Crippen molar-refractivity contribution in [2.45, 2.75) is 38.9 Å². The van der Waals surface area contributed by atoms with E-state index in [1.165, 1.54) is 0 Å². The first-order valence-electron chi connectivity index (χ1n) is 8.44. The Morgan fingerprint density at radius 1 is 1.32 bits per heavy atom. The molecular weight excluding hydrogens is 318 g/mol. The van der Waals surface area contributed by atoms with Crippen molar-refractivity contribution in [3.8, 4) is 17.1 Å². The summed E-state index contributed by atoms with van der Waals surface area (Å²) < 4.78 is 13.0. The van der Waals surface area contributed by atoms with Crippen LogP contribution in [0.1, 0.15) is 24.0 Å². The third-order valence-corrected chi connectivity index (χ3v) is 4.43. The first-order valence-corrected chi connectivity index (χ1v) is 8.44. The fourth-order valence-corrected chi connectivity index (χ4v) is 3.11. The Bertz CT molecular complexity index is 853. The van der Waals surface area contributed by atoms with Gasteiger partial charge in [-0.1, -0.05) is 0 Å². The van der Waals surface area contributed by atoms with Crippen molar-refractivity contribution in [1.29, 1.82) is 0 Å². The highest BCUT2D eigenvalue weighted by molar-refractivity contribution is 5.57. The number of fused-ring (bicyclic) bond motifs is 1. The molecule has 7 heteroatoms. The lowest BCUT2D eigenvalue weighted by Gasteiger charge is -2.22. The molecule has 0 radical (unpaired) electrons. The van der Waals surface area contributed by atoms with Crippen LogP contribution in [0, 0.1) is 6.92 Å². The highest BCUT2D eigenvalue weighted by atomic mass is 16.5. The van der Waals surface area contributed by atoms with Gasteiger partial charge in [-0.05, 0) is 37.6 Å². The van der Waals surface area contributed by atoms with Gasteiger partial charge in [-0.3, -0.25) is 0 Å². The molecule has 3 aromatic rings. The maximum absolute atomic E-state index is 5.86. The van der Waals surface area contributed by atoms with Gasteiger partial charge < -0.3 is 14.5 Å². The van der Waals surface area contributed by atoms with Gasteiger partial charge in [0.05, 0.1) is 26.4 Å². The zero-order valence-electron chi connectivity index (χ0n) is 14.4. The van der Waals surface area contributed by atoms with E-state index in [4.69, 9.17) is 9.15 Å². The van der Waals surface area contributed by atoms with Gasteiger partial charge in [0.2, 0.25) is 5.89 Å². The van der Waals surface area contributed by atoms with Gasteiger partial charge in [0.25, 0.3) is 0 Å². The molecule has 1 N–H and O–H groups in total. The van der Waals surface area contributed by atoms with E-state index in [0.29, 0.717) is 18.5 Å². The molecule has 1 atom stereocenters. The Morgan fingerprint density at radius 2 is 2.16 bits per heavy atom. The molecule has 0 saturated carbocycles. The van der Waals surface area contributed by atoms with Crippen molar-refractivity contribution in [3.63, 3.8) is 0 Å². The molecule has 0 saturated heterocycles. The molecule has 1 aromatic carbocycles. The van der Waals surface area contributed by atoms with E-state index in [9.17, 15) is 0 Å². The number of benzene rings is 1. The Hall–Kier alpha value is -2.67. The van der Waals surface area contributed by atoms with E-state index < -0.39 is 0 Å². The van der Waals surface area contributed by atoms with Crippen LogP contribution in [0.3, 0.4) is 0 Å². The first-order chi connectivity index (χ1) is 12.2. The number of ether oxygens (including phenoxy) is 1. The highest BCUT2D eigenvalue weighted by Crippen LogP contribution is 2.23. The number of aromatic nitrogens is 4. The molecule has 25 heavy (non-hydrogen) atoms. The number of hydrogen-bond acceptors (Lipinski definition) is 6. The zero-order chi connectivity index (χ0) is 17.2. The normalized spacial score (nSPS) is 16.6. The highest BCUT2D eigenvalue weighted by Gasteiger charge is 2.21. The summed E-state index contributed by atoms with van der Waals surface area (Å²) in [6.07, 6.45) is 3.75. The van der Waals surface area contributed by atoms with Crippen LogP contribution in [-0.4, -0.2) is 32.9 Å². The largest absolute Gasteiger partial charge is 0.497 e. The number of rotatable bonds is 5. The summed E-state index contributed by atoms with van der Waals surface area (Å²) in [7, 11) is 1.65. The summed E-state index contributed by atoms with van der Waals surface area (Å²) in [6, 6.07) is 8.11. The number of methoxy groups -OCH3 is 1. The van der Waals surface area contributed by atoms with Gasteiger partial charge in [-0.2, -0.15) is 5.10 Å². The maximum Gasteiger partial charge on any atom is 0.208 e. The fourth-order valence-electron chi connectivity index (χ4n) is 3.11. The van der Waals surface area contributed by atoms with Gasteiger partial charge in [0.15, 0.2) is 5.76 Å². The number of hydrogen-bond donors (Lipinski definition) is 1. The number of oxazole rings is 1. The van der Waals surface area contributed by atoms with Crippen LogP contribution >= 0.6 is 0 Å². The molecule has 1 aliphatic heterocycles. The van der Waals surface area contributed by atoms with E-state index in [1.807, 2.05) is 35.9 Å². The minimum Gasteiger partial charge on any atom is -0.497 e. The maximum atomic E-state index is 5.86. The lowest BCUT2D eigenvalue weighted by molar-refractivity contribution is 0.342. The van der Waals surface area contributed by atoms with Crippen molar-refractivity contribution in [1.82, 2.24) is 25.1 Å². The molecule has 4 rings (SSSR count). The SMILES string of the molecule is COc1ccc(-c2cnc(CNC3CCc4nc(C)nn4C3)o2)cc1. The van der Waals surface area contributed by atoms with Crippen LogP contribution in [-0.2, 0) is 19.5 Å². The quantitative estimate of drug-likeness (QED) is 0.769. The molecule has 0 spiro atoms. The predicted molar refractivity (Wildman–Crippen MR) is 92.2 cm³/mol. The van der Waals surface area contributed by atoms with Crippen LogP contribution in [0.4, 0.5) is 0 Å². The van der Waals surface area contributed by atoms with Crippen molar-refractivity contribution < 1.29 is 9.15 Å². The van der Waals surface area contributed by atoms with E-state index in [1.54, 1.807) is 13.3 Å². The summed E-state index contributed by atoms with van der Waals surface area (Å²) in [4.78, 5) is 8.81.